The number of carbonyl (C=O) groups excluding carboxylic acids is 1. The van der Waals surface area contributed by atoms with Crippen molar-refractivity contribution in [1.29, 1.82) is 0 Å². The maximum atomic E-state index is 12.2. The van der Waals surface area contributed by atoms with E-state index in [-0.39, 0.29) is 5.56 Å². The average molecular weight is 295 g/mol. The van der Waals surface area contributed by atoms with Gasteiger partial charge >= 0.3 is 0 Å². The summed E-state index contributed by atoms with van der Waals surface area (Å²) < 4.78 is 5.36. The van der Waals surface area contributed by atoms with Crippen molar-refractivity contribution in [2.75, 3.05) is 6.61 Å². The topological polar surface area (TPSA) is 93.3 Å². The highest BCUT2D eigenvalue weighted by atomic mass is 16.8. The molecule has 21 heavy (non-hydrogen) atoms. The minimum absolute atomic E-state index is 0.0696. The van der Waals surface area contributed by atoms with Crippen LogP contribution in [0.4, 0.5) is 0 Å². The zero-order valence-electron chi connectivity index (χ0n) is 12.4. The number of ether oxygens (including phenoxy) is 1. The second-order valence-electron chi connectivity index (χ2n) is 4.91. The Balaban J connectivity index is 2.12. The number of H-pyrrole nitrogens is 1. The Hall–Kier alpha value is -1.73. The van der Waals surface area contributed by atoms with Gasteiger partial charge in [-0.3, -0.25) is 9.59 Å². The Kier molecular flexibility index (Phi) is 5.46. The maximum Gasteiger partial charge on any atom is 0.280 e. The number of amides is 1. The summed E-state index contributed by atoms with van der Waals surface area (Å²) in [5, 5.41) is 6.34. The molecular weight excluding hydrogens is 274 g/mol. The van der Waals surface area contributed by atoms with E-state index in [1.54, 1.807) is 0 Å². The number of carbonyl (C=O) groups is 1. The van der Waals surface area contributed by atoms with Gasteiger partial charge in [-0.25, -0.2) is 15.4 Å². The number of hydroxylamine groups is 1. The van der Waals surface area contributed by atoms with Crippen LogP contribution in [0.3, 0.4) is 0 Å². The molecule has 1 aromatic rings. The van der Waals surface area contributed by atoms with E-state index >= 15 is 0 Å². The standard InChI is InChI=1S/C14H21N3O4/c1-3-9-10(4-2)15-16-13(18)12(9)14(19)17-21-11-7-5-6-8-20-11/h11H,3-8H2,1-2H3,(H,16,18)(H,17,19). The largest absolute Gasteiger partial charge is 0.350 e. The molecule has 1 aromatic heterocycles. The summed E-state index contributed by atoms with van der Waals surface area (Å²) in [6.07, 6.45) is 3.48. The molecule has 2 N–H and O–H groups in total. The molecule has 0 aromatic carbocycles. The predicted octanol–water partition coefficient (Wildman–Crippen LogP) is 1.08. The van der Waals surface area contributed by atoms with Gasteiger partial charge in [-0.05, 0) is 31.2 Å². The molecule has 1 aliphatic rings. The van der Waals surface area contributed by atoms with Crippen LogP contribution >= 0.6 is 0 Å². The van der Waals surface area contributed by atoms with Gasteiger partial charge in [0.15, 0.2) is 6.29 Å². The van der Waals surface area contributed by atoms with Gasteiger partial charge in [0.2, 0.25) is 0 Å². The highest BCUT2D eigenvalue weighted by molar-refractivity contribution is 5.94. The van der Waals surface area contributed by atoms with Gasteiger partial charge in [-0.15, -0.1) is 0 Å². The first-order valence-electron chi connectivity index (χ1n) is 7.35. The van der Waals surface area contributed by atoms with Gasteiger partial charge < -0.3 is 4.74 Å². The summed E-state index contributed by atoms with van der Waals surface area (Å²) in [5.41, 5.74) is 3.27. The molecule has 0 saturated carbocycles. The minimum atomic E-state index is -0.556. The van der Waals surface area contributed by atoms with Gasteiger partial charge in [0.25, 0.3) is 11.5 Å². The van der Waals surface area contributed by atoms with Crippen LogP contribution in [0.15, 0.2) is 4.79 Å². The van der Waals surface area contributed by atoms with Crippen molar-refractivity contribution in [3.8, 4) is 0 Å². The summed E-state index contributed by atoms with van der Waals surface area (Å²) >= 11 is 0. The number of rotatable bonds is 5. The van der Waals surface area contributed by atoms with Crippen molar-refractivity contribution in [1.82, 2.24) is 15.7 Å². The quantitative estimate of drug-likeness (QED) is 0.793. The molecule has 0 aliphatic carbocycles. The monoisotopic (exact) mass is 295 g/mol. The van der Waals surface area contributed by atoms with E-state index in [1.807, 2.05) is 13.8 Å². The highest BCUT2D eigenvalue weighted by Gasteiger charge is 2.21. The third-order valence-electron chi connectivity index (χ3n) is 3.51. The molecular formula is C14H21N3O4. The van der Waals surface area contributed by atoms with Crippen LogP contribution in [0, 0.1) is 0 Å². The lowest BCUT2D eigenvalue weighted by molar-refractivity contribution is -0.186. The summed E-state index contributed by atoms with van der Waals surface area (Å²) in [6.45, 7) is 4.43. The first-order chi connectivity index (χ1) is 10.2. The molecule has 7 heteroatoms. The molecule has 7 nitrogen and oxygen atoms in total. The molecule has 1 saturated heterocycles. The van der Waals surface area contributed by atoms with Crippen molar-refractivity contribution in [2.24, 2.45) is 0 Å². The Labute approximate surface area is 123 Å². The van der Waals surface area contributed by atoms with Gasteiger partial charge in [0, 0.05) is 13.0 Å². The van der Waals surface area contributed by atoms with E-state index in [2.05, 4.69) is 15.7 Å². The van der Waals surface area contributed by atoms with Crippen LogP contribution in [0.25, 0.3) is 0 Å². The van der Waals surface area contributed by atoms with Crippen molar-refractivity contribution in [2.45, 2.75) is 52.2 Å². The van der Waals surface area contributed by atoms with Crippen molar-refractivity contribution >= 4 is 5.91 Å². The average Bonchev–Trinajstić information content (AvgIpc) is 2.53. The molecule has 0 bridgehead atoms. The van der Waals surface area contributed by atoms with Crippen LogP contribution in [-0.4, -0.2) is 29.0 Å². The molecule has 2 heterocycles. The van der Waals surface area contributed by atoms with Crippen LogP contribution < -0.4 is 11.0 Å². The molecule has 1 atom stereocenters. The van der Waals surface area contributed by atoms with Gasteiger partial charge in [0.1, 0.15) is 5.56 Å². The van der Waals surface area contributed by atoms with Crippen LogP contribution in [0.1, 0.15) is 54.7 Å². The normalized spacial score (nSPS) is 18.5. The van der Waals surface area contributed by atoms with E-state index in [1.165, 1.54) is 0 Å². The second-order valence-corrected chi connectivity index (χ2v) is 4.91. The van der Waals surface area contributed by atoms with Crippen LogP contribution in [-0.2, 0) is 22.4 Å². The lowest BCUT2D eigenvalue weighted by atomic mass is 10.0. The Morgan fingerprint density at radius 2 is 2.24 bits per heavy atom. The number of aryl methyl sites for hydroxylation is 1. The zero-order valence-corrected chi connectivity index (χ0v) is 12.4. The van der Waals surface area contributed by atoms with Gasteiger partial charge in [-0.2, -0.15) is 5.10 Å². The number of hydrogen-bond donors (Lipinski definition) is 2. The Morgan fingerprint density at radius 3 is 2.86 bits per heavy atom. The zero-order chi connectivity index (χ0) is 15.2. The number of nitrogens with zero attached hydrogens (tertiary/aromatic N) is 1. The van der Waals surface area contributed by atoms with Crippen molar-refractivity contribution in [3.63, 3.8) is 0 Å². The lowest BCUT2D eigenvalue weighted by Gasteiger charge is -2.22. The van der Waals surface area contributed by atoms with Crippen LogP contribution in [0.2, 0.25) is 0 Å². The fourth-order valence-corrected chi connectivity index (χ4v) is 2.41. The first-order valence-corrected chi connectivity index (χ1v) is 7.35. The fraction of sp³-hybridized carbons (Fsp3) is 0.643. The van der Waals surface area contributed by atoms with Crippen LogP contribution in [0.5, 0.6) is 0 Å². The first kappa shape index (κ1) is 15.7. The van der Waals surface area contributed by atoms with E-state index in [0.717, 1.165) is 25.0 Å². The number of hydrogen-bond acceptors (Lipinski definition) is 5. The molecule has 116 valence electrons. The van der Waals surface area contributed by atoms with E-state index in [4.69, 9.17) is 9.57 Å². The lowest BCUT2D eigenvalue weighted by Crippen LogP contribution is -2.37. The van der Waals surface area contributed by atoms with E-state index in [0.29, 0.717) is 25.0 Å². The Bertz CT molecular complexity index is 550. The molecule has 0 radical (unpaired) electrons. The molecule has 1 amide bonds. The molecule has 0 spiro atoms. The third-order valence-corrected chi connectivity index (χ3v) is 3.51. The predicted molar refractivity (Wildman–Crippen MR) is 75.8 cm³/mol. The minimum Gasteiger partial charge on any atom is -0.350 e. The van der Waals surface area contributed by atoms with Gasteiger partial charge in [-0.1, -0.05) is 13.8 Å². The third kappa shape index (κ3) is 3.68. The molecule has 1 fully saturated rings. The maximum absolute atomic E-state index is 12.2. The Morgan fingerprint density at radius 1 is 1.43 bits per heavy atom. The summed E-state index contributed by atoms with van der Waals surface area (Å²) in [4.78, 5) is 29.3. The van der Waals surface area contributed by atoms with Crippen molar-refractivity contribution in [3.05, 3.63) is 27.2 Å². The van der Waals surface area contributed by atoms with Crippen molar-refractivity contribution < 1.29 is 14.4 Å². The molecule has 1 aliphatic heterocycles. The number of aromatic nitrogens is 2. The second kappa shape index (κ2) is 7.33. The fourth-order valence-electron chi connectivity index (χ4n) is 2.41. The number of nitrogens with one attached hydrogen (secondary N) is 2. The summed E-state index contributed by atoms with van der Waals surface area (Å²) in [5.74, 6) is -0.556. The SMILES string of the molecule is CCc1n[nH]c(=O)c(C(=O)NOC2CCCCO2)c1CC. The number of aromatic amines is 1. The van der Waals surface area contributed by atoms with Gasteiger partial charge in [0.05, 0.1) is 5.69 Å². The van der Waals surface area contributed by atoms with E-state index in [9.17, 15) is 9.59 Å². The molecule has 1 unspecified atom stereocenters. The van der Waals surface area contributed by atoms with E-state index < -0.39 is 17.8 Å². The summed E-state index contributed by atoms with van der Waals surface area (Å²) in [6, 6.07) is 0. The molecule has 2 rings (SSSR count). The summed E-state index contributed by atoms with van der Waals surface area (Å²) in [7, 11) is 0. The smallest absolute Gasteiger partial charge is 0.280 e. The highest BCUT2D eigenvalue weighted by Crippen LogP contribution is 2.13.